The van der Waals surface area contributed by atoms with Crippen molar-refractivity contribution in [2.75, 3.05) is 6.61 Å². The van der Waals surface area contributed by atoms with Crippen molar-refractivity contribution in [1.29, 1.82) is 0 Å². The largest absolute Gasteiger partial charge is 0.486 e. The third-order valence-electron chi connectivity index (χ3n) is 5.34. The molecule has 6 heteroatoms. The van der Waals surface area contributed by atoms with Crippen molar-refractivity contribution < 1.29 is 19.1 Å². The van der Waals surface area contributed by atoms with Gasteiger partial charge in [-0.1, -0.05) is 35.9 Å². The summed E-state index contributed by atoms with van der Waals surface area (Å²) in [7, 11) is 0. The third-order valence-corrected chi connectivity index (χ3v) is 5.90. The zero-order valence-corrected chi connectivity index (χ0v) is 16.9. The van der Waals surface area contributed by atoms with E-state index in [1.807, 2.05) is 0 Å². The molecule has 1 heterocycles. The monoisotopic (exact) mass is 418 g/mol. The van der Waals surface area contributed by atoms with Gasteiger partial charge in [-0.2, -0.15) is 0 Å². The maximum absolute atomic E-state index is 12.8. The van der Waals surface area contributed by atoms with Gasteiger partial charge >= 0.3 is 0 Å². The summed E-state index contributed by atoms with van der Waals surface area (Å²) in [5.74, 6) is 1.31. The van der Waals surface area contributed by atoms with Gasteiger partial charge < -0.3 is 9.47 Å². The number of hydrogen-bond donors (Lipinski definition) is 0. The van der Waals surface area contributed by atoms with E-state index in [0.717, 1.165) is 18.4 Å². The molecule has 0 atom stereocenters. The minimum absolute atomic E-state index is 0.0235. The second-order valence-electron chi connectivity index (χ2n) is 7.18. The van der Waals surface area contributed by atoms with E-state index in [1.165, 1.54) is 0 Å². The quantitative estimate of drug-likeness (QED) is 0.589. The van der Waals surface area contributed by atoms with Gasteiger partial charge in [0.25, 0.3) is 0 Å². The van der Waals surface area contributed by atoms with Crippen molar-refractivity contribution in [2.45, 2.75) is 44.4 Å². The van der Waals surface area contributed by atoms with Gasteiger partial charge in [-0.25, -0.2) is 0 Å². The summed E-state index contributed by atoms with van der Waals surface area (Å²) >= 11 is 12.9. The van der Waals surface area contributed by atoms with Gasteiger partial charge in [0, 0.05) is 42.7 Å². The van der Waals surface area contributed by atoms with Crippen molar-refractivity contribution in [3.8, 4) is 5.75 Å². The smallest absolute Gasteiger partial charge is 0.163 e. The van der Waals surface area contributed by atoms with Gasteiger partial charge in [0.2, 0.25) is 0 Å². The lowest BCUT2D eigenvalue weighted by Gasteiger charge is -2.36. The Hall–Kier alpha value is -2.04. The lowest BCUT2D eigenvalue weighted by atomic mass is 9.73. The Morgan fingerprint density at radius 2 is 1.54 bits per heavy atom. The zero-order chi connectivity index (χ0) is 19.8. The fourth-order valence-electron chi connectivity index (χ4n) is 4.18. The van der Waals surface area contributed by atoms with E-state index in [-0.39, 0.29) is 18.2 Å². The van der Waals surface area contributed by atoms with Gasteiger partial charge in [-0.15, -0.1) is 0 Å². The number of allylic oxidation sites excluding steroid dienone is 4. The number of halogens is 2. The predicted octanol–water partition coefficient (Wildman–Crippen LogP) is 5.69. The topological polar surface area (TPSA) is 52.6 Å². The van der Waals surface area contributed by atoms with Gasteiger partial charge in [-0.05, 0) is 30.5 Å². The summed E-state index contributed by atoms with van der Waals surface area (Å²) in [6, 6.07) is 3.47. The molecule has 0 N–H and O–H groups in total. The molecule has 0 unspecified atom stereocenters. The molecule has 0 bridgehead atoms. The van der Waals surface area contributed by atoms with Crippen LogP contribution in [0.4, 0.5) is 0 Å². The Morgan fingerprint density at radius 1 is 1.00 bits per heavy atom. The summed E-state index contributed by atoms with van der Waals surface area (Å²) < 4.78 is 11.6. The fourth-order valence-corrected chi connectivity index (χ4v) is 4.79. The lowest BCUT2D eigenvalue weighted by Crippen LogP contribution is -2.30. The maximum atomic E-state index is 12.8. The summed E-state index contributed by atoms with van der Waals surface area (Å²) in [5, 5.41) is 0.679. The molecule has 28 heavy (non-hydrogen) atoms. The number of ether oxygens (including phenoxy) is 2. The van der Waals surface area contributed by atoms with Crippen molar-refractivity contribution in [3.05, 3.63) is 63.1 Å². The molecule has 0 amide bonds. The van der Waals surface area contributed by atoms with Crippen LogP contribution in [0.1, 0.15) is 50.0 Å². The van der Waals surface area contributed by atoms with Crippen LogP contribution in [-0.4, -0.2) is 18.2 Å². The number of Topliss-reactive ketones (excluding diaryl/α,β-unsaturated/α-hetero) is 2. The molecule has 1 aromatic rings. The Labute approximate surface area is 173 Å². The lowest BCUT2D eigenvalue weighted by molar-refractivity contribution is -0.117. The highest BCUT2D eigenvalue weighted by Crippen LogP contribution is 2.49. The van der Waals surface area contributed by atoms with Crippen LogP contribution in [0.2, 0.25) is 10.0 Å². The number of hydrogen-bond acceptors (Lipinski definition) is 4. The number of rotatable bonds is 4. The van der Waals surface area contributed by atoms with Gasteiger partial charge in [0.1, 0.15) is 18.1 Å². The first-order valence-corrected chi connectivity index (χ1v) is 10.2. The van der Waals surface area contributed by atoms with E-state index >= 15 is 0 Å². The Balaban J connectivity index is 1.86. The molecular formula is C22H20Cl2O4. The Bertz CT molecular complexity index is 877. The van der Waals surface area contributed by atoms with Crippen LogP contribution in [0.5, 0.6) is 5.75 Å². The van der Waals surface area contributed by atoms with Crippen LogP contribution >= 0.6 is 23.2 Å². The number of benzene rings is 1. The summed E-state index contributed by atoms with van der Waals surface area (Å²) in [4.78, 5) is 25.6. The summed E-state index contributed by atoms with van der Waals surface area (Å²) in [6.45, 7) is 3.90. The number of carbonyl (C=O) groups is 2. The average Bonchev–Trinajstić information content (AvgIpc) is 2.66. The van der Waals surface area contributed by atoms with E-state index in [1.54, 1.807) is 18.2 Å². The normalized spacial score (nSPS) is 19.9. The molecule has 0 radical (unpaired) electrons. The molecule has 1 aromatic carbocycles. The van der Waals surface area contributed by atoms with Gasteiger partial charge in [0.05, 0.1) is 10.0 Å². The van der Waals surface area contributed by atoms with Gasteiger partial charge in [0.15, 0.2) is 17.3 Å². The minimum atomic E-state index is -0.484. The van der Waals surface area contributed by atoms with E-state index in [4.69, 9.17) is 32.7 Å². The molecule has 0 fully saturated rings. The van der Waals surface area contributed by atoms with E-state index in [9.17, 15) is 9.59 Å². The molecule has 0 aromatic heterocycles. The highest BCUT2D eigenvalue weighted by molar-refractivity contribution is 6.37. The summed E-state index contributed by atoms with van der Waals surface area (Å²) in [6.07, 6.45) is 5.44. The van der Waals surface area contributed by atoms with E-state index in [2.05, 4.69) is 6.58 Å². The second kappa shape index (κ2) is 7.76. The van der Waals surface area contributed by atoms with Crippen molar-refractivity contribution >= 4 is 34.8 Å². The van der Waals surface area contributed by atoms with E-state index in [0.29, 0.717) is 64.1 Å². The first-order chi connectivity index (χ1) is 13.5. The first-order valence-electron chi connectivity index (χ1n) is 9.44. The molecule has 4 rings (SSSR count). The van der Waals surface area contributed by atoms with Crippen LogP contribution in [0.15, 0.2) is 47.5 Å². The van der Waals surface area contributed by atoms with Crippen LogP contribution in [0, 0.1) is 0 Å². The van der Waals surface area contributed by atoms with Crippen molar-refractivity contribution in [1.82, 2.24) is 0 Å². The Kier molecular flexibility index (Phi) is 5.35. The van der Waals surface area contributed by atoms with Gasteiger partial charge in [-0.3, -0.25) is 9.59 Å². The predicted molar refractivity (Wildman–Crippen MR) is 108 cm³/mol. The standard InChI is InChI=1S/C22H20Cl2O4/c1-2-9-27-22-13(23)10-12(11-14(22)24)19-20-15(25)5-3-7-17(20)28-18-8-4-6-16(26)21(18)19/h2,10-11,19H,1,3-9H2. The number of ketones is 2. The molecule has 0 saturated carbocycles. The second-order valence-corrected chi connectivity index (χ2v) is 7.99. The van der Waals surface area contributed by atoms with Crippen LogP contribution in [0.25, 0.3) is 0 Å². The highest BCUT2D eigenvalue weighted by atomic mass is 35.5. The third kappa shape index (κ3) is 3.29. The van der Waals surface area contributed by atoms with Crippen LogP contribution in [0.3, 0.4) is 0 Å². The fraction of sp³-hybridized carbons (Fsp3) is 0.364. The van der Waals surface area contributed by atoms with Crippen LogP contribution in [-0.2, 0) is 14.3 Å². The molecule has 4 nitrogen and oxygen atoms in total. The van der Waals surface area contributed by atoms with Crippen molar-refractivity contribution in [3.63, 3.8) is 0 Å². The van der Waals surface area contributed by atoms with Crippen molar-refractivity contribution in [2.24, 2.45) is 0 Å². The highest BCUT2D eigenvalue weighted by Gasteiger charge is 2.42. The summed E-state index contributed by atoms with van der Waals surface area (Å²) in [5.41, 5.74) is 1.87. The minimum Gasteiger partial charge on any atom is -0.486 e. The molecule has 3 aliphatic rings. The molecular weight excluding hydrogens is 399 g/mol. The van der Waals surface area contributed by atoms with E-state index < -0.39 is 5.92 Å². The molecule has 146 valence electrons. The molecule has 0 spiro atoms. The molecule has 2 aliphatic carbocycles. The SMILES string of the molecule is C=CCOc1c(Cl)cc(C2C3=C(CCCC3=O)OC3=C2C(=O)CCC3)cc1Cl. The average molecular weight is 419 g/mol. The number of carbonyl (C=O) groups excluding carboxylic acids is 2. The molecule has 1 aliphatic heterocycles. The first kappa shape index (κ1) is 19.3. The molecule has 0 saturated heterocycles. The zero-order valence-electron chi connectivity index (χ0n) is 15.4. The maximum Gasteiger partial charge on any atom is 0.163 e. The van der Waals surface area contributed by atoms with Crippen LogP contribution < -0.4 is 4.74 Å². The Morgan fingerprint density at radius 3 is 2.04 bits per heavy atom.